The van der Waals surface area contributed by atoms with Crippen molar-refractivity contribution in [3.05, 3.63) is 21.3 Å². The average Bonchev–Trinajstić information content (AvgIpc) is 2.83. The van der Waals surface area contributed by atoms with Crippen molar-refractivity contribution in [2.45, 2.75) is 65.6 Å². The second-order valence-corrected chi connectivity index (χ2v) is 9.12. The Labute approximate surface area is 138 Å². The minimum absolute atomic E-state index is 0.276. The van der Waals surface area contributed by atoms with Crippen LogP contribution in [-0.2, 0) is 6.54 Å². The molecule has 1 aromatic heterocycles. The van der Waals surface area contributed by atoms with Gasteiger partial charge in [-0.25, -0.2) is 0 Å². The minimum Gasteiger partial charge on any atom is -0.310 e. The molecule has 2 rings (SSSR count). The highest BCUT2D eigenvalue weighted by atomic mass is 35.5. The van der Waals surface area contributed by atoms with E-state index in [-0.39, 0.29) is 5.54 Å². The van der Waals surface area contributed by atoms with Crippen LogP contribution in [0.4, 0.5) is 0 Å². The summed E-state index contributed by atoms with van der Waals surface area (Å²) in [6, 6.07) is 4.74. The molecule has 21 heavy (non-hydrogen) atoms. The Morgan fingerprint density at radius 3 is 2.48 bits per heavy atom. The van der Waals surface area contributed by atoms with E-state index in [0.717, 1.165) is 24.0 Å². The van der Waals surface area contributed by atoms with E-state index in [2.05, 4.69) is 50.9 Å². The van der Waals surface area contributed by atoms with Crippen LogP contribution in [-0.4, -0.2) is 29.6 Å². The highest BCUT2D eigenvalue weighted by Gasteiger charge is 2.41. The maximum Gasteiger partial charge on any atom is 0.0931 e. The number of nitrogens with zero attached hydrogens (tertiary/aromatic N) is 1. The first kappa shape index (κ1) is 17.3. The van der Waals surface area contributed by atoms with Gasteiger partial charge in [-0.2, -0.15) is 0 Å². The molecule has 1 N–H and O–H groups in total. The van der Waals surface area contributed by atoms with Gasteiger partial charge in [-0.05, 0) is 30.4 Å². The van der Waals surface area contributed by atoms with Gasteiger partial charge in [0.15, 0.2) is 0 Å². The van der Waals surface area contributed by atoms with E-state index in [1.54, 1.807) is 11.3 Å². The molecule has 2 nitrogen and oxygen atoms in total. The number of hydrogen-bond donors (Lipinski definition) is 1. The summed E-state index contributed by atoms with van der Waals surface area (Å²) < 4.78 is 0.895. The Bertz CT molecular complexity index is 460. The van der Waals surface area contributed by atoms with E-state index in [9.17, 15) is 0 Å². The lowest BCUT2D eigenvalue weighted by Crippen LogP contribution is -2.66. The fourth-order valence-electron chi connectivity index (χ4n) is 3.29. The van der Waals surface area contributed by atoms with Crippen molar-refractivity contribution in [1.29, 1.82) is 0 Å². The summed E-state index contributed by atoms with van der Waals surface area (Å²) >= 11 is 7.82. The van der Waals surface area contributed by atoms with Gasteiger partial charge >= 0.3 is 0 Å². The first-order valence-electron chi connectivity index (χ1n) is 8.03. The third-order valence-electron chi connectivity index (χ3n) is 5.09. The molecule has 0 aromatic carbocycles. The summed E-state index contributed by atoms with van der Waals surface area (Å²) in [5.41, 5.74) is 0.567. The predicted octanol–water partition coefficient (Wildman–Crippen LogP) is 4.78. The maximum absolute atomic E-state index is 6.11. The van der Waals surface area contributed by atoms with Crippen LogP contribution in [0.5, 0.6) is 0 Å². The van der Waals surface area contributed by atoms with Crippen LogP contribution in [0.25, 0.3) is 0 Å². The Kier molecular flexibility index (Phi) is 5.40. The van der Waals surface area contributed by atoms with Crippen molar-refractivity contribution >= 4 is 22.9 Å². The first-order chi connectivity index (χ1) is 9.80. The summed E-state index contributed by atoms with van der Waals surface area (Å²) in [6.07, 6.45) is 2.37. The zero-order chi connectivity index (χ0) is 15.7. The molecule has 1 saturated heterocycles. The van der Waals surface area contributed by atoms with Gasteiger partial charge in [0.2, 0.25) is 0 Å². The third-order valence-corrected chi connectivity index (χ3v) is 6.30. The Morgan fingerprint density at radius 1 is 1.33 bits per heavy atom. The number of thiophene rings is 1. The van der Waals surface area contributed by atoms with E-state index in [1.807, 2.05) is 6.07 Å². The Hall–Kier alpha value is -0.0900. The second-order valence-electron chi connectivity index (χ2n) is 7.32. The van der Waals surface area contributed by atoms with E-state index >= 15 is 0 Å². The van der Waals surface area contributed by atoms with Gasteiger partial charge in [0.05, 0.1) is 4.34 Å². The van der Waals surface area contributed by atoms with E-state index < -0.39 is 0 Å². The highest BCUT2D eigenvalue weighted by Crippen LogP contribution is 2.34. The van der Waals surface area contributed by atoms with Gasteiger partial charge in [0.1, 0.15) is 0 Å². The maximum atomic E-state index is 6.11. The van der Waals surface area contributed by atoms with Crippen LogP contribution >= 0.6 is 22.9 Å². The second kappa shape index (κ2) is 6.57. The SMILES string of the molecule is CCC1(CC)CNC(C(C)(C)C)CN1Cc1ccc(Cl)s1. The lowest BCUT2D eigenvalue weighted by molar-refractivity contribution is 0.00216. The summed E-state index contributed by atoms with van der Waals surface area (Å²) in [7, 11) is 0. The van der Waals surface area contributed by atoms with E-state index in [0.29, 0.717) is 11.5 Å². The van der Waals surface area contributed by atoms with Crippen molar-refractivity contribution in [2.24, 2.45) is 5.41 Å². The molecule has 1 aliphatic heterocycles. The van der Waals surface area contributed by atoms with Gasteiger partial charge in [-0.1, -0.05) is 46.2 Å². The lowest BCUT2D eigenvalue weighted by Gasteiger charge is -2.52. The topological polar surface area (TPSA) is 15.3 Å². The van der Waals surface area contributed by atoms with Crippen LogP contribution in [0.15, 0.2) is 12.1 Å². The summed E-state index contributed by atoms with van der Waals surface area (Å²) in [5.74, 6) is 0. The molecule has 120 valence electrons. The number of hydrogen-bond acceptors (Lipinski definition) is 3. The van der Waals surface area contributed by atoms with E-state index in [1.165, 1.54) is 17.7 Å². The number of nitrogens with one attached hydrogen (secondary N) is 1. The molecule has 1 atom stereocenters. The average molecular weight is 329 g/mol. The molecule has 0 spiro atoms. The monoisotopic (exact) mass is 328 g/mol. The fourth-order valence-corrected chi connectivity index (χ4v) is 4.39. The standard InChI is InChI=1S/C17H29ClN2S/c1-6-17(7-2)12-19-14(16(3,4)5)11-20(17)10-13-8-9-15(18)21-13/h8-9,14,19H,6-7,10-12H2,1-5H3. The molecule has 4 heteroatoms. The Balaban J connectivity index is 2.20. The van der Waals surface area contributed by atoms with E-state index in [4.69, 9.17) is 11.6 Å². The quantitative estimate of drug-likeness (QED) is 0.855. The van der Waals surface area contributed by atoms with Crippen LogP contribution in [0.2, 0.25) is 4.34 Å². The van der Waals surface area contributed by atoms with Gasteiger partial charge < -0.3 is 5.32 Å². The van der Waals surface area contributed by atoms with Crippen LogP contribution < -0.4 is 5.32 Å². The summed E-state index contributed by atoms with van der Waals surface area (Å²) in [4.78, 5) is 4.07. The number of piperazine rings is 1. The molecule has 2 heterocycles. The molecule has 0 aliphatic carbocycles. The molecule has 0 bridgehead atoms. The minimum atomic E-state index is 0.276. The zero-order valence-electron chi connectivity index (χ0n) is 14.0. The molecule has 0 saturated carbocycles. The first-order valence-corrected chi connectivity index (χ1v) is 9.23. The summed E-state index contributed by atoms with van der Waals surface area (Å²) in [6.45, 7) is 14.8. The highest BCUT2D eigenvalue weighted by molar-refractivity contribution is 7.16. The van der Waals surface area contributed by atoms with Gasteiger partial charge in [-0.15, -0.1) is 11.3 Å². The zero-order valence-corrected chi connectivity index (χ0v) is 15.6. The van der Waals surface area contributed by atoms with Crippen LogP contribution in [0.3, 0.4) is 0 Å². The molecule has 1 unspecified atom stereocenters. The van der Waals surface area contributed by atoms with Crippen molar-refractivity contribution in [3.8, 4) is 0 Å². The lowest BCUT2D eigenvalue weighted by atomic mass is 9.80. The van der Waals surface area contributed by atoms with Crippen molar-refractivity contribution in [2.75, 3.05) is 13.1 Å². The van der Waals surface area contributed by atoms with Gasteiger partial charge in [0.25, 0.3) is 0 Å². The molecule has 0 amide bonds. The number of halogens is 1. The molecule has 1 aromatic rings. The van der Waals surface area contributed by atoms with Crippen LogP contribution in [0, 0.1) is 5.41 Å². The van der Waals surface area contributed by atoms with Gasteiger partial charge in [-0.3, -0.25) is 4.90 Å². The van der Waals surface area contributed by atoms with Crippen LogP contribution in [0.1, 0.15) is 52.3 Å². The van der Waals surface area contributed by atoms with Crippen molar-refractivity contribution < 1.29 is 0 Å². The number of rotatable bonds is 4. The molecule has 0 radical (unpaired) electrons. The predicted molar refractivity (Wildman–Crippen MR) is 94.3 cm³/mol. The third kappa shape index (κ3) is 3.82. The summed E-state index contributed by atoms with van der Waals surface area (Å²) in [5, 5.41) is 3.81. The molecule has 1 aliphatic rings. The smallest absolute Gasteiger partial charge is 0.0931 e. The molecular weight excluding hydrogens is 300 g/mol. The molecular formula is C17H29ClN2S. The normalized spacial score (nSPS) is 23.4. The van der Waals surface area contributed by atoms with Crippen molar-refractivity contribution in [1.82, 2.24) is 10.2 Å². The Morgan fingerprint density at radius 2 is 2.00 bits per heavy atom. The van der Waals surface area contributed by atoms with Crippen molar-refractivity contribution in [3.63, 3.8) is 0 Å². The molecule has 1 fully saturated rings. The largest absolute Gasteiger partial charge is 0.310 e. The fraction of sp³-hybridized carbons (Fsp3) is 0.765. The van der Waals surface area contributed by atoms with Gasteiger partial charge in [0, 0.05) is 36.1 Å².